The summed E-state index contributed by atoms with van der Waals surface area (Å²) in [5, 5.41) is 10.0. The highest BCUT2D eigenvalue weighted by molar-refractivity contribution is 9.11. The molecule has 1 aliphatic heterocycles. The molecule has 1 fully saturated rings. The van der Waals surface area contributed by atoms with E-state index in [4.69, 9.17) is 4.74 Å². The number of hydrogen-bond donors (Lipinski definition) is 2. The van der Waals surface area contributed by atoms with E-state index in [1.165, 1.54) is 11.3 Å². The summed E-state index contributed by atoms with van der Waals surface area (Å²) in [5.74, 6) is 0. The van der Waals surface area contributed by atoms with E-state index in [0.717, 1.165) is 3.79 Å². The van der Waals surface area contributed by atoms with Gasteiger partial charge in [-0.05, 0) is 28.9 Å². The number of hydrogen-bond acceptors (Lipinski definition) is 5. The molecule has 0 amide bonds. The lowest BCUT2D eigenvalue weighted by Gasteiger charge is -2.20. The predicted molar refractivity (Wildman–Crippen MR) is 72.3 cm³/mol. The zero-order chi connectivity index (χ0) is 13.4. The van der Waals surface area contributed by atoms with Crippen LogP contribution >= 0.6 is 27.3 Å². The monoisotopic (exact) mass is 355 g/mol. The van der Waals surface area contributed by atoms with Gasteiger partial charge in [0.05, 0.1) is 15.3 Å². The molecule has 1 aliphatic rings. The first-order valence-electron chi connectivity index (χ1n) is 5.38. The number of thiophene rings is 1. The summed E-state index contributed by atoms with van der Waals surface area (Å²) in [6.07, 6.45) is 0.446. The van der Waals surface area contributed by atoms with Crippen LogP contribution in [0.4, 0.5) is 0 Å². The summed E-state index contributed by atoms with van der Waals surface area (Å²) in [6.45, 7) is 2.35. The zero-order valence-electron chi connectivity index (χ0n) is 9.77. The number of rotatable bonds is 4. The van der Waals surface area contributed by atoms with Crippen LogP contribution in [-0.4, -0.2) is 38.9 Å². The number of aliphatic hydroxyl groups is 1. The van der Waals surface area contributed by atoms with Crippen LogP contribution in [0.5, 0.6) is 0 Å². The van der Waals surface area contributed by atoms with Gasteiger partial charge in [-0.2, -0.15) is 0 Å². The third-order valence-electron chi connectivity index (χ3n) is 2.81. The summed E-state index contributed by atoms with van der Waals surface area (Å²) in [4.78, 5) is 0.964. The molecule has 18 heavy (non-hydrogen) atoms. The molecule has 1 unspecified atom stereocenters. The van der Waals surface area contributed by atoms with Crippen LogP contribution in [0.3, 0.4) is 0 Å². The van der Waals surface area contributed by atoms with Gasteiger partial charge >= 0.3 is 0 Å². The molecule has 1 aromatic rings. The zero-order valence-corrected chi connectivity index (χ0v) is 13.0. The van der Waals surface area contributed by atoms with E-state index in [1.54, 1.807) is 13.0 Å². The summed E-state index contributed by atoms with van der Waals surface area (Å²) < 4.78 is 32.5. The third kappa shape index (κ3) is 3.12. The molecule has 1 atom stereocenters. The van der Waals surface area contributed by atoms with Crippen LogP contribution in [-0.2, 0) is 14.8 Å². The van der Waals surface area contributed by atoms with Crippen molar-refractivity contribution < 1.29 is 18.3 Å². The van der Waals surface area contributed by atoms with Crippen LogP contribution in [0, 0.1) is 6.92 Å². The minimum Gasteiger partial charge on any atom is -0.386 e. The highest BCUT2D eigenvalue weighted by atomic mass is 79.9. The smallest absolute Gasteiger partial charge is 0.241 e. The van der Waals surface area contributed by atoms with E-state index in [2.05, 4.69) is 20.7 Å². The van der Waals surface area contributed by atoms with Gasteiger partial charge < -0.3 is 9.84 Å². The summed E-state index contributed by atoms with van der Waals surface area (Å²) in [7, 11) is -3.58. The number of aryl methyl sites for hydroxylation is 1. The van der Waals surface area contributed by atoms with Crippen molar-refractivity contribution in [1.82, 2.24) is 4.72 Å². The van der Waals surface area contributed by atoms with Crippen LogP contribution < -0.4 is 4.72 Å². The summed E-state index contributed by atoms with van der Waals surface area (Å²) in [5.41, 5.74) is -1.09. The Labute approximate surface area is 118 Å². The summed E-state index contributed by atoms with van der Waals surface area (Å²) >= 11 is 4.62. The van der Waals surface area contributed by atoms with Crippen molar-refractivity contribution in [2.45, 2.75) is 23.8 Å². The second-order valence-electron chi connectivity index (χ2n) is 4.32. The first-order valence-corrected chi connectivity index (χ1v) is 8.47. The second kappa shape index (κ2) is 5.18. The number of ether oxygens (including phenoxy) is 1. The molecule has 102 valence electrons. The molecule has 1 saturated heterocycles. The van der Waals surface area contributed by atoms with Crippen molar-refractivity contribution in [3.63, 3.8) is 0 Å². The minimum absolute atomic E-state index is 0.0256. The molecule has 0 aromatic carbocycles. The fourth-order valence-corrected chi connectivity index (χ4v) is 5.27. The fourth-order valence-electron chi connectivity index (χ4n) is 1.74. The Morgan fingerprint density at radius 1 is 1.67 bits per heavy atom. The maximum atomic E-state index is 12.1. The van der Waals surface area contributed by atoms with E-state index in [-0.39, 0.29) is 18.0 Å². The van der Waals surface area contributed by atoms with Crippen molar-refractivity contribution in [3.05, 3.63) is 14.7 Å². The summed E-state index contributed by atoms with van der Waals surface area (Å²) in [6, 6.07) is 1.57. The van der Waals surface area contributed by atoms with Gasteiger partial charge in [-0.3, -0.25) is 0 Å². The van der Waals surface area contributed by atoms with Gasteiger partial charge in [0.1, 0.15) is 5.60 Å². The van der Waals surface area contributed by atoms with Gasteiger partial charge in [0.25, 0.3) is 0 Å². The lowest BCUT2D eigenvalue weighted by molar-refractivity contribution is 0.0314. The van der Waals surface area contributed by atoms with Gasteiger partial charge in [-0.1, -0.05) is 0 Å². The third-order valence-corrected chi connectivity index (χ3v) is 6.02. The Kier molecular flexibility index (Phi) is 4.15. The second-order valence-corrected chi connectivity index (χ2v) is 8.69. The normalized spacial score (nSPS) is 24.6. The molecule has 0 saturated carbocycles. The standard InChI is InChI=1S/C10H14BrNO4S2/c1-7-8(4-9(11)17-7)18(14,15)12-5-10(13)2-3-16-6-10/h4,12-13H,2-3,5-6H2,1H3. The first kappa shape index (κ1) is 14.4. The van der Waals surface area contributed by atoms with Crippen molar-refractivity contribution in [1.29, 1.82) is 0 Å². The molecular weight excluding hydrogens is 342 g/mol. The van der Waals surface area contributed by atoms with Crippen LogP contribution in [0.25, 0.3) is 0 Å². The molecular formula is C10H14BrNO4S2. The van der Waals surface area contributed by atoms with Crippen LogP contribution in [0.1, 0.15) is 11.3 Å². The molecule has 2 heterocycles. The number of nitrogens with one attached hydrogen (secondary N) is 1. The maximum Gasteiger partial charge on any atom is 0.241 e. The molecule has 0 bridgehead atoms. The van der Waals surface area contributed by atoms with Crippen molar-refractivity contribution in [2.24, 2.45) is 0 Å². The van der Waals surface area contributed by atoms with E-state index in [0.29, 0.717) is 17.9 Å². The van der Waals surface area contributed by atoms with Crippen molar-refractivity contribution >= 4 is 37.3 Å². The number of sulfonamides is 1. The Balaban J connectivity index is 2.10. The van der Waals surface area contributed by atoms with E-state index >= 15 is 0 Å². The van der Waals surface area contributed by atoms with Gasteiger partial charge in [0.2, 0.25) is 10.0 Å². The topological polar surface area (TPSA) is 75.6 Å². The van der Waals surface area contributed by atoms with Crippen molar-refractivity contribution in [3.8, 4) is 0 Å². The van der Waals surface area contributed by atoms with Gasteiger partial charge in [0, 0.05) is 24.4 Å². The fraction of sp³-hybridized carbons (Fsp3) is 0.600. The largest absolute Gasteiger partial charge is 0.386 e. The Morgan fingerprint density at radius 2 is 2.39 bits per heavy atom. The van der Waals surface area contributed by atoms with E-state index in [9.17, 15) is 13.5 Å². The SMILES string of the molecule is Cc1sc(Br)cc1S(=O)(=O)NCC1(O)CCOC1. The lowest BCUT2D eigenvalue weighted by Crippen LogP contribution is -2.43. The number of halogens is 1. The molecule has 8 heteroatoms. The predicted octanol–water partition coefficient (Wildman–Crippen LogP) is 1.25. The molecule has 2 rings (SSSR count). The van der Waals surface area contributed by atoms with Crippen molar-refractivity contribution in [2.75, 3.05) is 19.8 Å². The molecule has 0 spiro atoms. The molecule has 1 aromatic heterocycles. The molecule has 0 aliphatic carbocycles. The Hall–Kier alpha value is 0.01000. The van der Waals surface area contributed by atoms with E-state index in [1.807, 2.05) is 0 Å². The van der Waals surface area contributed by atoms with Gasteiger partial charge in [-0.15, -0.1) is 11.3 Å². The lowest BCUT2D eigenvalue weighted by atomic mass is 10.1. The highest BCUT2D eigenvalue weighted by Gasteiger charge is 2.34. The molecule has 5 nitrogen and oxygen atoms in total. The average Bonchev–Trinajstić information content (AvgIpc) is 2.84. The molecule has 0 radical (unpaired) electrons. The minimum atomic E-state index is -3.58. The van der Waals surface area contributed by atoms with E-state index < -0.39 is 15.6 Å². The highest BCUT2D eigenvalue weighted by Crippen LogP contribution is 2.29. The Bertz CT molecular complexity index is 534. The quantitative estimate of drug-likeness (QED) is 0.852. The van der Waals surface area contributed by atoms with Gasteiger partial charge in [0.15, 0.2) is 0 Å². The van der Waals surface area contributed by atoms with Crippen LogP contribution in [0.2, 0.25) is 0 Å². The molecule has 2 N–H and O–H groups in total. The average molecular weight is 356 g/mol. The van der Waals surface area contributed by atoms with Gasteiger partial charge in [-0.25, -0.2) is 13.1 Å². The van der Waals surface area contributed by atoms with Crippen LogP contribution in [0.15, 0.2) is 14.7 Å². The Morgan fingerprint density at radius 3 is 2.89 bits per heavy atom. The first-order chi connectivity index (χ1) is 8.32. The maximum absolute atomic E-state index is 12.1.